The highest BCUT2D eigenvalue weighted by molar-refractivity contribution is 7.13. The minimum atomic E-state index is -2.86. The fraction of sp³-hybridized carbons (Fsp3) is 0.552. The Bertz CT molecular complexity index is 1260. The lowest BCUT2D eigenvalue weighted by atomic mass is 9.78. The van der Waals surface area contributed by atoms with Crippen LogP contribution in [0.25, 0.3) is 0 Å². The highest BCUT2D eigenvalue weighted by Gasteiger charge is 2.27. The molecule has 1 aliphatic carbocycles. The summed E-state index contributed by atoms with van der Waals surface area (Å²) in [7, 11) is 0. The Balaban J connectivity index is 1.02. The molecule has 0 spiro atoms. The maximum absolute atomic E-state index is 13.4. The first kappa shape index (κ1) is 27.8. The second-order valence-electron chi connectivity index (χ2n) is 11.1. The van der Waals surface area contributed by atoms with Gasteiger partial charge >= 0.3 is 0 Å². The van der Waals surface area contributed by atoms with E-state index in [0.717, 1.165) is 81.2 Å². The van der Waals surface area contributed by atoms with Crippen molar-refractivity contribution in [2.75, 3.05) is 19.7 Å². The number of hydrogen-bond acceptors (Lipinski definition) is 6. The van der Waals surface area contributed by atoms with Crippen molar-refractivity contribution in [2.24, 2.45) is 11.8 Å². The van der Waals surface area contributed by atoms with E-state index in [9.17, 15) is 18.0 Å². The summed E-state index contributed by atoms with van der Waals surface area (Å²) in [6.45, 7) is 3.38. The molecule has 3 aromatic rings. The van der Waals surface area contributed by atoms with Crippen LogP contribution in [0.3, 0.4) is 0 Å². The van der Waals surface area contributed by atoms with E-state index in [2.05, 4.69) is 14.9 Å². The Morgan fingerprint density at radius 2 is 2.00 bits per heavy atom. The van der Waals surface area contributed by atoms with E-state index >= 15 is 0 Å². The second-order valence-corrected chi connectivity index (χ2v) is 12.1. The first-order chi connectivity index (χ1) is 18.7. The van der Waals surface area contributed by atoms with E-state index in [0.29, 0.717) is 35.7 Å². The van der Waals surface area contributed by atoms with Gasteiger partial charge in [-0.05, 0) is 61.8 Å². The number of benzene rings is 1. The van der Waals surface area contributed by atoms with Crippen LogP contribution in [0.4, 0.5) is 13.2 Å². The summed E-state index contributed by atoms with van der Waals surface area (Å²) in [5, 5.41) is 0.342. The lowest BCUT2D eigenvalue weighted by Gasteiger charge is -2.31. The van der Waals surface area contributed by atoms with Crippen LogP contribution in [-0.4, -0.2) is 50.8 Å². The van der Waals surface area contributed by atoms with E-state index in [1.165, 1.54) is 23.5 Å². The van der Waals surface area contributed by atoms with Crippen molar-refractivity contribution in [1.29, 1.82) is 0 Å². The van der Waals surface area contributed by atoms with Crippen molar-refractivity contribution in [3.63, 3.8) is 0 Å². The molecule has 0 unspecified atom stereocenters. The molecule has 6 nitrogen and oxygen atoms in total. The van der Waals surface area contributed by atoms with Crippen LogP contribution in [0, 0.1) is 17.7 Å². The zero-order valence-corrected chi connectivity index (χ0v) is 23.1. The average Bonchev–Trinajstić information content (AvgIpc) is 3.53. The van der Waals surface area contributed by atoms with Gasteiger partial charge in [0.05, 0.1) is 12.0 Å². The van der Waals surface area contributed by atoms with E-state index in [4.69, 9.17) is 4.74 Å². The van der Waals surface area contributed by atoms with Crippen molar-refractivity contribution >= 4 is 17.1 Å². The number of ketones is 1. The monoisotopic (exact) mass is 560 g/mol. The first-order valence-electron chi connectivity index (χ1n) is 13.7. The standard InChI is InChI=1S/C29H35F3N4O2S/c1-29(31,32)18-38-28-34-25-17-35(12-10-27(25)39-28)11-9-20-5-7-21(8-6-20)14-26(37)24-16-36(19-33-24)15-22-3-2-4-23(30)13-22/h2-4,13,16,19-21H,5-12,14-15,17-18H2,1H3. The smallest absolute Gasteiger partial charge is 0.278 e. The normalized spacial score (nSPS) is 20.1. The molecule has 39 heavy (non-hydrogen) atoms. The topological polar surface area (TPSA) is 60.2 Å². The van der Waals surface area contributed by atoms with Crippen LogP contribution < -0.4 is 4.74 Å². The number of imidazole rings is 1. The number of nitrogens with zero attached hydrogens (tertiary/aromatic N) is 4. The predicted molar refractivity (Wildman–Crippen MR) is 144 cm³/mol. The number of Topliss-reactive ketones (excluding diaryl/α,β-unsaturated/α-hetero) is 1. The summed E-state index contributed by atoms with van der Waals surface area (Å²) in [5.74, 6) is -2.01. The number of alkyl halides is 2. The molecular formula is C29H35F3N4O2S. The highest BCUT2D eigenvalue weighted by atomic mass is 32.1. The summed E-state index contributed by atoms with van der Waals surface area (Å²) in [6.07, 6.45) is 10.3. The van der Waals surface area contributed by atoms with E-state index in [-0.39, 0.29) is 11.6 Å². The average molecular weight is 561 g/mol. The van der Waals surface area contributed by atoms with Gasteiger partial charge in [-0.25, -0.2) is 23.1 Å². The molecule has 0 saturated heterocycles. The summed E-state index contributed by atoms with van der Waals surface area (Å²) < 4.78 is 46.6. The molecule has 1 saturated carbocycles. The van der Waals surface area contributed by atoms with Crippen molar-refractivity contribution in [3.8, 4) is 5.19 Å². The number of hydrogen-bond donors (Lipinski definition) is 0. The summed E-state index contributed by atoms with van der Waals surface area (Å²) in [6, 6.07) is 6.45. The maximum atomic E-state index is 13.4. The van der Waals surface area contributed by atoms with Crippen molar-refractivity contribution in [3.05, 3.63) is 64.4 Å². The molecule has 0 atom stereocenters. The van der Waals surface area contributed by atoms with Gasteiger partial charge in [-0.2, -0.15) is 0 Å². The molecule has 1 fully saturated rings. The maximum Gasteiger partial charge on any atom is 0.278 e. The van der Waals surface area contributed by atoms with Crippen molar-refractivity contribution in [2.45, 2.75) is 70.9 Å². The second kappa shape index (κ2) is 12.2. The number of carbonyl (C=O) groups is 1. The highest BCUT2D eigenvalue weighted by Crippen LogP contribution is 2.35. The van der Waals surface area contributed by atoms with Gasteiger partial charge in [0, 0.05) is 44.1 Å². The Labute approximate surface area is 231 Å². The molecule has 2 aromatic heterocycles. The molecule has 210 valence electrons. The Morgan fingerprint density at radius 1 is 1.21 bits per heavy atom. The fourth-order valence-corrected chi connectivity index (χ4v) is 6.47. The van der Waals surface area contributed by atoms with Gasteiger partial charge in [0.25, 0.3) is 11.1 Å². The van der Waals surface area contributed by atoms with Gasteiger partial charge in [-0.3, -0.25) is 9.69 Å². The van der Waals surface area contributed by atoms with Gasteiger partial charge < -0.3 is 9.30 Å². The van der Waals surface area contributed by atoms with Gasteiger partial charge in [0.2, 0.25) is 0 Å². The number of fused-ring (bicyclic) bond motifs is 1. The molecule has 0 N–H and O–H groups in total. The molecule has 3 heterocycles. The van der Waals surface area contributed by atoms with E-state index < -0.39 is 12.5 Å². The lowest BCUT2D eigenvalue weighted by molar-refractivity contribution is -0.0230. The molecule has 5 rings (SSSR count). The van der Waals surface area contributed by atoms with Crippen LogP contribution in [0.5, 0.6) is 5.19 Å². The van der Waals surface area contributed by atoms with Crippen LogP contribution in [-0.2, 0) is 19.5 Å². The molecule has 0 amide bonds. The summed E-state index contributed by atoms with van der Waals surface area (Å²) in [5.41, 5.74) is 2.28. The van der Waals surface area contributed by atoms with E-state index in [1.807, 2.05) is 10.6 Å². The van der Waals surface area contributed by atoms with Gasteiger partial charge in [0.1, 0.15) is 11.5 Å². The van der Waals surface area contributed by atoms with Crippen LogP contribution in [0.1, 0.15) is 72.1 Å². The third-order valence-corrected chi connectivity index (χ3v) is 8.77. The summed E-state index contributed by atoms with van der Waals surface area (Å²) in [4.78, 5) is 25.1. The third kappa shape index (κ3) is 7.91. The minimum Gasteiger partial charge on any atom is -0.464 e. The Morgan fingerprint density at radius 3 is 2.77 bits per heavy atom. The lowest BCUT2D eigenvalue weighted by Crippen LogP contribution is -2.32. The van der Waals surface area contributed by atoms with Crippen molar-refractivity contribution < 1.29 is 22.7 Å². The summed E-state index contributed by atoms with van der Waals surface area (Å²) >= 11 is 1.39. The number of rotatable bonds is 11. The SMILES string of the molecule is CC(F)(F)COc1nc2c(s1)CCN(CCC1CCC(CC(=O)c3cn(Cc4cccc(F)c4)cn3)CC1)C2. The Kier molecular flexibility index (Phi) is 8.71. The van der Waals surface area contributed by atoms with Crippen LogP contribution >= 0.6 is 11.3 Å². The predicted octanol–water partition coefficient (Wildman–Crippen LogP) is 6.39. The molecule has 10 heteroatoms. The number of ether oxygens (including phenoxy) is 1. The quantitative estimate of drug-likeness (QED) is 0.255. The zero-order chi connectivity index (χ0) is 27.4. The fourth-order valence-electron chi connectivity index (χ4n) is 5.56. The molecule has 0 radical (unpaired) electrons. The molecule has 2 aliphatic rings. The Hall–Kier alpha value is -2.72. The van der Waals surface area contributed by atoms with Gasteiger partial charge in [0.15, 0.2) is 12.4 Å². The molecule has 1 aliphatic heterocycles. The number of carbonyl (C=O) groups excluding carboxylic acids is 1. The third-order valence-electron chi connectivity index (χ3n) is 7.70. The largest absolute Gasteiger partial charge is 0.464 e. The van der Waals surface area contributed by atoms with Crippen LogP contribution in [0.15, 0.2) is 36.8 Å². The zero-order valence-electron chi connectivity index (χ0n) is 22.3. The number of thiazole rings is 1. The first-order valence-corrected chi connectivity index (χ1v) is 14.5. The van der Waals surface area contributed by atoms with E-state index in [1.54, 1.807) is 18.6 Å². The minimum absolute atomic E-state index is 0.0785. The van der Waals surface area contributed by atoms with Gasteiger partial charge in [-0.1, -0.05) is 36.3 Å². The van der Waals surface area contributed by atoms with Crippen molar-refractivity contribution in [1.82, 2.24) is 19.4 Å². The molecule has 0 bridgehead atoms. The van der Waals surface area contributed by atoms with Crippen LogP contribution in [0.2, 0.25) is 0 Å². The van der Waals surface area contributed by atoms with Gasteiger partial charge in [-0.15, -0.1) is 0 Å². The number of aromatic nitrogens is 3. The molecule has 1 aromatic carbocycles. The molecular weight excluding hydrogens is 525 g/mol. The number of halogens is 3.